The van der Waals surface area contributed by atoms with E-state index in [2.05, 4.69) is 36.6 Å². The van der Waals surface area contributed by atoms with Gasteiger partial charge in [0.15, 0.2) is 5.96 Å². The second-order valence-corrected chi connectivity index (χ2v) is 15.8. The summed E-state index contributed by atoms with van der Waals surface area (Å²) in [7, 11) is 2.43. The number of carboxylic acids is 1. The Labute approximate surface area is 329 Å². The third kappa shape index (κ3) is 12.8. The first-order valence-corrected chi connectivity index (χ1v) is 20.4. The molecule has 1 aromatic heterocycles. The molecule has 0 aliphatic carbocycles. The number of aromatic nitrogens is 1. The number of carboxylic acid groups (broad SMARTS) is 1. The molecule has 5 atom stereocenters. The van der Waals surface area contributed by atoms with Gasteiger partial charge in [-0.05, 0) is 37.3 Å². The number of rotatable bonds is 9. The number of benzene rings is 1. The van der Waals surface area contributed by atoms with Crippen LogP contribution in [-0.2, 0) is 44.8 Å². The van der Waals surface area contributed by atoms with E-state index in [9.17, 15) is 43.5 Å². The van der Waals surface area contributed by atoms with Crippen molar-refractivity contribution in [2.45, 2.75) is 75.2 Å². The molecule has 2 aromatic rings. The number of primary amides is 1. The fourth-order valence-electron chi connectivity index (χ4n) is 6.23. The van der Waals surface area contributed by atoms with Gasteiger partial charge in [-0.2, -0.15) is 0 Å². The number of fused-ring (bicyclic) bond motifs is 2. The smallest absolute Gasteiger partial charge is 0.305 e. The van der Waals surface area contributed by atoms with Gasteiger partial charge in [-0.3, -0.25) is 43.3 Å². The summed E-state index contributed by atoms with van der Waals surface area (Å²) in [6, 6.07) is 1.01. The molecule has 3 heterocycles. The number of nitrogens with two attached hydrogens (primary N) is 3. The summed E-state index contributed by atoms with van der Waals surface area (Å²) in [5.41, 5.74) is 17.8. The van der Waals surface area contributed by atoms with Crippen molar-refractivity contribution in [2.75, 3.05) is 31.1 Å². The lowest BCUT2D eigenvalue weighted by Crippen LogP contribution is -2.59. The average molecular weight is 818 g/mol. The Morgan fingerprint density at radius 3 is 2.38 bits per heavy atom. The molecule has 304 valence electrons. The van der Waals surface area contributed by atoms with Crippen LogP contribution in [0, 0.1) is 0 Å². The molecule has 2 fully saturated rings. The summed E-state index contributed by atoms with van der Waals surface area (Å²) in [6.45, 7) is -0.380. The summed E-state index contributed by atoms with van der Waals surface area (Å²) in [5, 5.41) is 23.0. The number of hydrogen-bond donors (Lipinski definition) is 10. The largest absolute Gasteiger partial charge is 0.481 e. The maximum Gasteiger partial charge on any atom is 0.305 e. The lowest BCUT2D eigenvalue weighted by Gasteiger charge is -2.30. The Hall–Kier alpha value is -5.51. The zero-order chi connectivity index (χ0) is 40.8. The predicted molar refractivity (Wildman–Crippen MR) is 208 cm³/mol. The Bertz CT molecular complexity index is 1820. The van der Waals surface area contributed by atoms with Gasteiger partial charge in [-0.25, -0.2) is 0 Å². The lowest BCUT2D eigenvalue weighted by atomic mass is 10.0. The first-order chi connectivity index (χ1) is 26.7. The molecule has 0 radical (unpaired) electrons. The van der Waals surface area contributed by atoms with Crippen LogP contribution in [-0.4, -0.2) is 130 Å². The van der Waals surface area contributed by atoms with Gasteiger partial charge in [-0.1, -0.05) is 39.8 Å². The number of hydrogen-bond acceptors (Lipinski definition) is 11. The van der Waals surface area contributed by atoms with E-state index >= 15 is 0 Å². The number of nitrogens with zero attached hydrogens (tertiary/aromatic N) is 2. The molecule has 0 saturated carbocycles. The van der Waals surface area contributed by atoms with Crippen molar-refractivity contribution in [3.63, 3.8) is 0 Å². The van der Waals surface area contributed by atoms with Crippen LogP contribution in [0.2, 0.25) is 0 Å². The van der Waals surface area contributed by atoms with Gasteiger partial charge in [0.05, 0.1) is 13.0 Å². The Morgan fingerprint density at radius 1 is 0.893 bits per heavy atom. The number of H-pyrrole nitrogens is 1. The normalized spacial score (nSPS) is 23.9. The van der Waals surface area contributed by atoms with Gasteiger partial charge in [0, 0.05) is 54.5 Å². The van der Waals surface area contributed by atoms with Gasteiger partial charge in [0.25, 0.3) is 0 Å². The maximum absolute atomic E-state index is 14.3. The molecular weight excluding hydrogens is 771 g/mol. The van der Waals surface area contributed by atoms with E-state index in [4.69, 9.17) is 17.2 Å². The van der Waals surface area contributed by atoms with Crippen molar-refractivity contribution < 1.29 is 43.5 Å². The van der Waals surface area contributed by atoms with Crippen molar-refractivity contribution in [1.29, 1.82) is 0 Å². The number of guanidine groups is 1. The summed E-state index contributed by atoms with van der Waals surface area (Å²) in [4.78, 5) is 113. The number of aliphatic carboxylic acids is 1. The van der Waals surface area contributed by atoms with E-state index in [0.717, 1.165) is 10.9 Å². The highest BCUT2D eigenvalue weighted by Gasteiger charge is 2.40. The molecule has 20 nitrogen and oxygen atoms in total. The van der Waals surface area contributed by atoms with E-state index in [1.54, 1.807) is 12.3 Å². The second-order valence-electron chi connectivity index (χ2n) is 13.1. The Balaban J connectivity index is 1.63. The molecule has 4 rings (SSSR count). The summed E-state index contributed by atoms with van der Waals surface area (Å²) >= 11 is 0. The van der Waals surface area contributed by atoms with Crippen molar-refractivity contribution in [1.82, 2.24) is 36.5 Å². The zero-order valence-electron chi connectivity index (χ0n) is 30.4. The Morgan fingerprint density at radius 2 is 1.64 bits per heavy atom. The molecule has 2 unspecified atom stereocenters. The van der Waals surface area contributed by atoms with Crippen molar-refractivity contribution in [2.24, 2.45) is 22.2 Å². The number of carbonyl (C=O) groups is 8. The summed E-state index contributed by atoms with van der Waals surface area (Å²) in [5.74, 6) is -6.51. The first-order valence-electron chi connectivity index (χ1n) is 17.9. The number of para-hydroxylation sites is 1. The number of nitrogens with one attached hydrogen (secondary N) is 6. The quantitative estimate of drug-likeness (QED) is 0.0545. The van der Waals surface area contributed by atoms with E-state index in [-0.39, 0.29) is 62.7 Å². The van der Waals surface area contributed by atoms with Crippen molar-refractivity contribution in [3.8, 4) is 0 Å². The molecule has 22 heteroatoms. The van der Waals surface area contributed by atoms with E-state index in [0.29, 0.717) is 12.0 Å². The Kier molecular flexibility index (Phi) is 16.2. The SMILES string of the molecule is NC(=O)C1CSSCCC(=O)NC(CCCN=C(N)N)C(=O)NCC(=O)N[C@@H](CC(=O)O)C(=O)N[C@@H](Cc2c[nH]c3ccccc23)C(=O)N2CCC[C@H]2C(=O)N1. The van der Waals surface area contributed by atoms with Crippen LogP contribution < -0.4 is 43.8 Å². The first kappa shape index (κ1) is 43.2. The summed E-state index contributed by atoms with van der Waals surface area (Å²) < 4.78 is 0. The minimum absolute atomic E-state index is 0.0335. The molecule has 1 aromatic carbocycles. The number of aliphatic imine (C=N–C) groups is 1. The molecular formula is C34H47N11O9S2. The molecule has 2 aliphatic rings. The standard InChI is InChI=1S/C34H47N11O9S2/c35-29(50)24-17-56-55-12-9-26(46)41-21(7-3-10-38-34(36)37)30(51)40-16-27(47)42-22(14-28(48)49)31(52)43-23(13-18-15-39-20-6-2-1-5-19(18)20)33(54)45-11-4-8-25(45)32(53)44-24/h1-2,5-6,15,21-25,39H,3-4,7-14,16-17H2,(H2,35,50)(H,40,51)(H,41,46)(H,42,47)(H,43,52)(H,44,53)(H,48,49)(H4,36,37,38)/t21?,22-,23-,24?,25-/m0/s1. The van der Waals surface area contributed by atoms with Crippen LogP contribution in [0.25, 0.3) is 10.9 Å². The highest BCUT2D eigenvalue weighted by atomic mass is 33.1. The maximum atomic E-state index is 14.3. The number of amides is 7. The average Bonchev–Trinajstić information content (AvgIpc) is 3.81. The van der Waals surface area contributed by atoms with Crippen LogP contribution in [0.1, 0.15) is 44.1 Å². The van der Waals surface area contributed by atoms with Crippen molar-refractivity contribution in [3.05, 3.63) is 36.0 Å². The van der Waals surface area contributed by atoms with Gasteiger partial charge < -0.3 is 58.8 Å². The zero-order valence-corrected chi connectivity index (χ0v) is 32.0. The third-order valence-corrected chi connectivity index (χ3v) is 11.4. The molecule has 2 aliphatic heterocycles. The van der Waals surface area contributed by atoms with E-state index in [1.807, 2.05) is 18.2 Å². The van der Waals surface area contributed by atoms with Crippen LogP contribution in [0.3, 0.4) is 0 Å². The van der Waals surface area contributed by atoms with Crippen LogP contribution in [0.4, 0.5) is 0 Å². The second kappa shape index (κ2) is 21.0. The predicted octanol–water partition coefficient (Wildman–Crippen LogP) is -2.44. The minimum atomic E-state index is -1.68. The van der Waals surface area contributed by atoms with Gasteiger partial charge in [-0.15, -0.1) is 0 Å². The number of aromatic amines is 1. The van der Waals surface area contributed by atoms with Crippen LogP contribution in [0.15, 0.2) is 35.5 Å². The van der Waals surface area contributed by atoms with Gasteiger partial charge >= 0.3 is 5.97 Å². The molecule has 0 spiro atoms. The van der Waals surface area contributed by atoms with Crippen molar-refractivity contribution >= 4 is 85.8 Å². The molecule has 0 bridgehead atoms. The fourth-order valence-corrected chi connectivity index (χ4v) is 8.39. The highest BCUT2D eigenvalue weighted by Crippen LogP contribution is 2.25. The van der Waals surface area contributed by atoms with E-state index in [1.165, 1.54) is 26.5 Å². The van der Waals surface area contributed by atoms with E-state index < -0.39 is 90.5 Å². The molecule has 2 saturated heterocycles. The fraction of sp³-hybridized carbons (Fsp3) is 0.500. The van der Waals surface area contributed by atoms with Crippen LogP contribution in [0.5, 0.6) is 0 Å². The van der Waals surface area contributed by atoms with Gasteiger partial charge in [0.2, 0.25) is 41.4 Å². The molecule has 7 amide bonds. The topological polar surface area (TPSA) is 326 Å². The third-order valence-electron chi connectivity index (χ3n) is 8.99. The molecule has 13 N–H and O–H groups in total. The molecule has 56 heavy (non-hydrogen) atoms. The highest BCUT2D eigenvalue weighted by molar-refractivity contribution is 8.76. The van der Waals surface area contributed by atoms with Gasteiger partial charge in [0.1, 0.15) is 30.2 Å². The lowest BCUT2D eigenvalue weighted by molar-refractivity contribution is -0.143. The number of carbonyl (C=O) groups excluding carboxylic acids is 7. The monoisotopic (exact) mass is 817 g/mol. The van der Waals surface area contributed by atoms with Crippen LogP contribution >= 0.6 is 21.6 Å². The minimum Gasteiger partial charge on any atom is -0.481 e. The summed E-state index contributed by atoms with van der Waals surface area (Å²) in [6.07, 6.45) is 1.76.